The molecule has 0 radical (unpaired) electrons. The molecule has 124 valence electrons. The molecule has 1 aliphatic rings. The number of hydrogen-bond donors (Lipinski definition) is 1. The summed E-state index contributed by atoms with van der Waals surface area (Å²) in [6.45, 7) is 3.15. The lowest BCUT2D eigenvalue weighted by molar-refractivity contribution is 0.424. The van der Waals surface area contributed by atoms with E-state index in [1.807, 2.05) is 4.90 Å². The maximum absolute atomic E-state index is 13.9. The summed E-state index contributed by atoms with van der Waals surface area (Å²) in [6.07, 6.45) is 4.58. The number of aromatic nitrogens is 1. The van der Waals surface area contributed by atoms with Crippen LogP contribution in [0.15, 0.2) is 18.5 Å². The van der Waals surface area contributed by atoms with Crippen molar-refractivity contribution in [2.75, 3.05) is 32.1 Å². The van der Waals surface area contributed by atoms with Gasteiger partial charge in [-0.3, -0.25) is 4.98 Å². The Morgan fingerprint density at radius 3 is 2.77 bits per heavy atom. The van der Waals surface area contributed by atoms with Gasteiger partial charge in [-0.15, -0.1) is 0 Å². The monoisotopic (exact) mass is 330 g/mol. The molecule has 0 spiro atoms. The first kappa shape index (κ1) is 17.1. The van der Waals surface area contributed by atoms with Crippen LogP contribution < -0.4 is 9.62 Å². The summed E-state index contributed by atoms with van der Waals surface area (Å²) in [7, 11) is -0.513. The van der Waals surface area contributed by atoms with Crippen molar-refractivity contribution in [1.82, 2.24) is 14.0 Å². The van der Waals surface area contributed by atoms with Crippen LogP contribution in [0.5, 0.6) is 0 Å². The van der Waals surface area contributed by atoms with Crippen molar-refractivity contribution in [3.63, 3.8) is 0 Å². The first-order chi connectivity index (χ1) is 10.3. The minimum atomic E-state index is -3.50. The molecule has 0 saturated carbocycles. The van der Waals surface area contributed by atoms with Crippen LogP contribution in [0.25, 0.3) is 0 Å². The quantitative estimate of drug-likeness (QED) is 0.852. The average Bonchev–Trinajstić information content (AvgIpc) is 2.82. The zero-order valence-corrected chi connectivity index (χ0v) is 14.0. The number of nitrogens with one attached hydrogen (secondary N) is 1. The van der Waals surface area contributed by atoms with E-state index in [1.54, 1.807) is 12.3 Å². The molecule has 6 nitrogen and oxygen atoms in total. The predicted molar refractivity (Wildman–Crippen MR) is 84.3 cm³/mol. The van der Waals surface area contributed by atoms with E-state index in [9.17, 15) is 12.8 Å². The summed E-state index contributed by atoms with van der Waals surface area (Å²) in [5.41, 5.74) is 0.475. The van der Waals surface area contributed by atoms with Crippen molar-refractivity contribution in [2.45, 2.75) is 25.8 Å². The molecule has 0 aromatic carbocycles. The zero-order valence-electron chi connectivity index (χ0n) is 13.2. The third-order valence-electron chi connectivity index (χ3n) is 3.97. The Morgan fingerprint density at radius 2 is 2.18 bits per heavy atom. The second-order valence-electron chi connectivity index (χ2n) is 5.79. The number of halogens is 1. The summed E-state index contributed by atoms with van der Waals surface area (Å²) < 4.78 is 41.9. The third kappa shape index (κ3) is 3.74. The summed E-state index contributed by atoms with van der Waals surface area (Å²) in [5, 5.41) is 0. The van der Waals surface area contributed by atoms with E-state index < -0.39 is 10.2 Å². The van der Waals surface area contributed by atoms with Crippen LogP contribution in [0.2, 0.25) is 0 Å². The van der Waals surface area contributed by atoms with E-state index in [2.05, 4.69) is 16.6 Å². The van der Waals surface area contributed by atoms with E-state index in [0.29, 0.717) is 18.8 Å². The van der Waals surface area contributed by atoms with Gasteiger partial charge in [0.25, 0.3) is 10.2 Å². The standard InChI is InChI=1S/C14H23FN4O2S/c1-4-5-11-9-19(14-6-7-16-8-12(14)15)10-13(11)17-22(20,21)18(2)3/h6-8,11,13,17H,4-5,9-10H2,1-3H3/t11-,13-/m0/s1. The average molecular weight is 330 g/mol. The smallest absolute Gasteiger partial charge is 0.279 e. The van der Waals surface area contributed by atoms with Gasteiger partial charge in [0.1, 0.15) is 0 Å². The maximum atomic E-state index is 13.9. The van der Waals surface area contributed by atoms with Gasteiger partial charge in [-0.25, -0.2) is 4.39 Å². The highest BCUT2D eigenvalue weighted by atomic mass is 32.2. The number of nitrogens with zero attached hydrogens (tertiary/aromatic N) is 3. The normalized spacial score (nSPS) is 22.5. The lowest BCUT2D eigenvalue weighted by atomic mass is 9.99. The fourth-order valence-electron chi connectivity index (χ4n) is 2.79. The fourth-order valence-corrected chi connectivity index (χ4v) is 3.65. The lowest BCUT2D eigenvalue weighted by Crippen LogP contribution is -2.45. The van der Waals surface area contributed by atoms with Gasteiger partial charge in [-0.1, -0.05) is 13.3 Å². The molecule has 0 aliphatic carbocycles. The number of pyridine rings is 1. The van der Waals surface area contributed by atoms with Crippen molar-refractivity contribution >= 4 is 15.9 Å². The van der Waals surface area contributed by atoms with Crippen molar-refractivity contribution in [3.05, 3.63) is 24.3 Å². The van der Waals surface area contributed by atoms with Crippen LogP contribution in [-0.2, 0) is 10.2 Å². The Balaban J connectivity index is 2.18. The summed E-state index contributed by atoms with van der Waals surface area (Å²) in [4.78, 5) is 5.64. The van der Waals surface area contributed by atoms with Crippen molar-refractivity contribution in [2.24, 2.45) is 5.92 Å². The van der Waals surface area contributed by atoms with Gasteiger partial charge in [0, 0.05) is 39.4 Å². The van der Waals surface area contributed by atoms with E-state index in [1.165, 1.54) is 20.3 Å². The molecule has 22 heavy (non-hydrogen) atoms. The van der Waals surface area contributed by atoms with Crippen LogP contribution in [0.3, 0.4) is 0 Å². The minimum Gasteiger partial charge on any atom is -0.367 e. The molecule has 2 heterocycles. The molecule has 0 unspecified atom stereocenters. The van der Waals surface area contributed by atoms with Gasteiger partial charge in [0.2, 0.25) is 0 Å². The highest BCUT2D eigenvalue weighted by Crippen LogP contribution is 2.28. The van der Waals surface area contributed by atoms with Crippen LogP contribution in [0.1, 0.15) is 19.8 Å². The molecule has 1 aromatic rings. The number of hydrogen-bond acceptors (Lipinski definition) is 4. The molecule has 2 atom stereocenters. The predicted octanol–water partition coefficient (Wildman–Crippen LogP) is 1.22. The first-order valence-corrected chi connectivity index (χ1v) is 8.83. The van der Waals surface area contributed by atoms with E-state index in [4.69, 9.17) is 0 Å². The number of rotatable bonds is 6. The van der Waals surface area contributed by atoms with E-state index in [-0.39, 0.29) is 17.8 Å². The molecule has 1 saturated heterocycles. The summed E-state index contributed by atoms with van der Waals surface area (Å²) in [6, 6.07) is 1.40. The Labute approximate surface area is 131 Å². The molecule has 1 aromatic heterocycles. The van der Waals surface area contributed by atoms with Gasteiger partial charge >= 0.3 is 0 Å². The van der Waals surface area contributed by atoms with E-state index >= 15 is 0 Å². The second kappa shape index (κ2) is 6.89. The summed E-state index contributed by atoms with van der Waals surface area (Å²) >= 11 is 0. The Hall–Kier alpha value is -1.25. The van der Waals surface area contributed by atoms with Crippen LogP contribution in [-0.4, -0.2) is 50.9 Å². The van der Waals surface area contributed by atoms with E-state index in [0.717, 1.165) is 17.1 Å². The molecule has 0 amide bonds. The summed E-state index contributed by atoms with van der Waals surface area (Å²) in [5.74, 6) is -0.221. The third-order valence-corrected chi connectivity index (χ3v) is 5.54. The molecule has 0 bridgehead atoms. The van der Waals surface area contributed by atoms with Gasteiger partial charge in [0.15, 0.2) is 5.82 Å². The topological polar surface area (TPSA) is 65.5 Å². The fraction of sp³-hybridized carbons (Fsp3) is 0.643. The highest BCUT2D eigenvalue weighted by Gasteiger charge is 2.36. The SMILES string of the molecule is CCC[C@H]1CN(c2ccncc2F)C[C@@H]1NS(=O)(=O)N(C)C. The molecular formula is C14H23FN4O2S. The number of anilines is 1. The van der Waals surface area contributed by atoms with Crippen LogP contribution >= 0.6 is 0 Å². The minimum absolute atomic E-state index is 0.160. The Morgan fingerprint density at radius 1 is 1.45 bits per heavy atom. The van der Waals surface area contributed by atoms with Crippen molar-refractivity contribution < 1.29 is 12.8 Å². The lowest BCUT2D eigenvalue weighted by Gasteiger charge is -2.21. The van der Waals surface area contributed by atoms with Crippen molar-refractivity contribution in [1.29, 1.82) is 0 Å². The largest absolute Gasteiger partial charge is 0.367 e. The molecule has 1 aliphatic heterocycles. The van der Waals surface area contributed by atoms with Crippen LogP contribution in [0.4, 0.5) is 10.1 Å². The van der Waals surface area contributed by atoms with Gasteiger partial charge in [-0.05, 0) is 18.4 Å². The highest BCUT2D eigenvalue weighted by molar-refractivity contribution is 7.87. The van der Waals surface area contributed by atoms with Crippen LogP contribution in [0, 0.1) is 11.7 Å². The zero-order chi connectivity index (χ0) is 16.3. The second-order valence-corrected chi connectivity index (χ2v) is 7.71. The molecular weight excluding hydrogens is 307 g/mol. The van der Waals surface area contributed by atoms with Gasteiger partial charge in [-0.2, -0.15) is 17.4 Å². The van der Waals surface area contributed by atoms with Gasteiger partial charge < -0.3 is 4.90 Å². The molecule has 1 N–H and O–H groups in total. The van der Waals surface area contributed by atoms with Crippen molar-refractivity contribution in [3.8, 4) is 0 Å². The first-order valence-electron chi connectivity index (χ1n) is 7.39. The Bertz CT molecular complexity index is 609. The van der Waals surface area contributed by atoms with Gasteiger partial charge in [0.05, 0.1) is 11.9 Å². The Kier molecular flexibility index (Phi) is 5.36. The maximum Gasteiger partial charge on any atom is 0.279 e. The molecule has 8 heteroatoms. The molecule has 2 rings (SSSR count). The molecule has 1 fully saturated rings.